The van der Waals surface area contributed by atoms with Crippen molar-refractivity contribution in [3.8, 4) is 0 Å². The van der Waals surface area contributed by atoms with Gasteiger partial charge in [0.05, 0.1) is 0 Å². The maximum atomic E-state index is 3.64. The van der Waals surface area contributed by atoms with Crippen molar-refractivity contribution in [2.75, 3.05) is 39.3 Å². The second-order valence-electron chi connectivity index (χ2n) is 12.1. The Labute approximate surface area is 258 Å². The third-order valence-corrected chi connectivity index (χ3v) is 9.22. The zero-order chi connectivity index (χ0) is 29.3. The summed E-state index contributed by atoms with van der Waals surface area (Å²) in [6, 6.07) is 40.5. The molecular weight excluding hydrogens is 536 g/mol. The SMILES string of the molecule is c1cc2ccc3cc(CNCCNCCNCCNCc4ccc5ccc6cccc7ccc4c5c67)cc4ccc(c1)c2c34. The molecule has 218 valence electrons. The van der Waals surface area contributed by atoms with Gasteiger partial charge >= 0.3 is 0 Å². The van der Waals surface area contributed by atoms with Crippen LogP contribution >= 0.6 is 0 Å². The van der Waals surface area contributed by atoms with E-state index in [4.69, 9.17) is 0 Å². The van der Waals surface area contributed by atoms with Crippen LogP contribution in [0.4, 0.5) is 0 Å². The van der Waals surface area contributed by atoms with E-state index in [0.717, 1.165) is 52.4 Å². The van der Waals surface area contributed by atoms with Gasteiger partial charge in [-0.1, -0.05) is 97.1 Å². The average molecular weight is 575 g/mol. The van der Waals surface area contributed by atoms with E-state index in [0.29, 0.717) is 0 Å². The number of hydrogen-bond acceptors (Lipinski definition) is 4. The minimum Gasteiger partial charge on any atom is -0.314 e. The summed E-state index contributed by atoms with van der Waals surface area (Å²) in [5, 5.41) is 30.6. The molecule has 4 heteroatoms. The molecule has 4 nitrogen and oxygen atoms in total. The third-order valence-electron chi connectivity index (χ3n) is 9.22. The molecule has 0 atom stereocenters. The van der Waals surface area contributed by atoms with Crippen molar-refractivity contribution in [1.29, 1.82) is 0 Å². The van der Waals surface area contributed by atoms with Gasteiger partial charge < -0.3 is 21.3 Å². The molecule has 0 aromatic heterocycles. The molecule has 8 aromatic rings. The zero-order valence-corrected chi connectivity index (χ0v) is 25.0. The fraction of sp³-hybridized carbons (Fsp3) is 0.200. The lowest BCUT2D eigenvalue weighted by molar-refractivity contribution is 0.566. The van der Waals surface area contributed by atoms with Crippen LogP contribution < -0.4 is 21.3 Å². The molecule has 0 spiro atoms. The first kappa shape index (κ1) is 27.2. The topological polar surface area (TPSA) is 48.1 Å². The van der Waals surface area contributed by atoms with E-state index in [2.05, 4.69) is 130 Å². The van der Waals surface area contributed by atoms with Crippen LogP contribution in [0.15, 0.2) is 109 Å². The first-order chi connectivity index (χ1) is 21.8. The van der Waals surface area contributed by atoms with E-state index in [1.807, 2.05) is 0 Å². The minimum absolute atomic E-state index is 0.881. The molecule has 0 aliphatic heterocycles. The van der Waals surface area contributed by atoms with Crippen LogP contribution in [-0.2, 0) is 13.1 Å². The van der Waals surface area contributed by atoms with Crippen molar-refractivity contribution in [3.63, 3.8) is 0 Å². The molecule has 0 heterocycles. The first-order valence-electron chi connectivity index (χ1n) is 16.0. The predicted octanol–water partition coefficient (Wildman–Crippen LogP) is 7.54. The molecule has 0 bridgehead atoms. The van der Waals surface area contributed by atoms with E-state index in [1.165, 1.54) is 75.8 Å². The van der Waals surface area contributed by atoms with Crippen LogP contribution in [0, 0.1) is 0 Å². The van der Waals surface area contributed by atoms with E-state index in [-0.39, 0.29) is 0 Å². The summed E-state index contributed by atoms with van der Waals surface area (Å²) in [5.41, 5.74) is 2.71. The normalized spacial score (nSPS) is 12.3. The first-order valence-corrected chi connectivity index (χ1v) is 16.0. The Morgan fingerprint density at radius 2 is 0.750 bits per heavy atom. The molecule has 0 aliphatic carbocycles. The average Bonchev–Trinajstić information content (AvgIpc) is 3.07. The van der Waals surface area contributed by atoms with Crippen LogP contribution in [-0.4, -0.2) is 39.3 Å². The van der Waals surface area contributed by atoms with Gasteiger partial charge in [0.15, 0.2) is 0 Å². The summed E-state index contributed by atoms with van der Waals surface area (Å²) in [6.07, 6.45) is 0. The largest absolute Gasteiger partial charge is 0.314 e. The molecule has 0 unspecified atom stereocenters. The Balaban J connectivity index is 0.750. The molecule has 0 aliphatic rings. The Hall–Kier alpha value is -4.32. The quantitative estimate of drug-likeness (QED) is 0.0849. The second-order valence-corrected chi connectivity index (χ2v) is 12.1. The Morgan fingerprint density at radius 1 is 0.341 bits per heavy atom. The van der Waals surface area contributed by atoms with Gasteiger partial charge in [0.2, 0.25) is 0 Å². The number of hydrogen-bond donors (Lipinski definition) is 4. The lowest BCUT2D eigenvalue weighted by Crippen LogP contribution is -2.35. The van der Waals surface area contributed by atoms with E-state index < -0.39 is 0 Å². The maximum absolute atomic E-state index is 3.64. The van der Waals surface area contributed by atoms with Crippen molar-refractivity contribution < 1.29 is 0 Å². The molecule has 8 aromatic carbocycles. The van der Waals surface area contributed by atoms with Crippen LogP contribution in [0.3, 0.4) is 0 Å². The van der Waals surface area contributed by atoms with Gasteiger partial charge in [-0.3, -0.25) is 0 Å². The van der Waals surface area contributed by atoms with Crippen LogP contribution in [0.1, 0.15) is 11.1 Å². The fourth-order valence-corrected chi connectivity index (χ4v) is 7.11. The van der Waals surface area contributed by atoms with Gasteiger partial charge in [-0.2, -0.15) is 0 Å². The fourth-order valence-electron chi connectivity index (χ4n) is 7.11. The molecule has 8 rings (SSSR count). The van der Waals surface area contributed by atoms with E-state index in [1.54, 1.807) is 0 Å². The highest BCUT2D eigenvalue weighted by Gasteiger charge is 2.11. The van der Waals surface area contributed by atoms with Crippen molar-refractivity contribution >= 4 is 64.6 Å². The number of benzene rings is 8. The van der Waals surface area contributed by atoms with Crippen molar-refractivity contribution in [3.05, 3.63) is 120 Å². The summed E-state index contributed by atoms with van der Waals surface area (Å²) >= 11 is 0. The monoisotopic (exact) mass is 574 g/mol. The number of rotatable bonds is 13. The molecule has 0 saturated carbocycles. The van der Waals surface area contributed by atoms with Crippen molar-refractivity contribution in [2.45, 2.75) is 13.1 Å². The van der Waals surface area contributed by atoms with Crippen molar-refractivity contribution in [1.82, 2.24) is 21.3 Å². The minimum atomic E-state index is 0.881. The van der Waals surface area contributed by atoms with E-state index in [9.17, 15) is 0 Å². The highest BCUT2D eigenvalue weighted by molar-refractivity contribution is 6.24. The second kappa shape index (κ2) is 12.0. The molecule has 4 N–H and O–H groups in total. The molecule has 44 heavy (non-hydrogen) atoms. The summed E-state index contributed by atoms with van der Waals surface area (Å²) in [7, 11) is 0. The van der Waals surface area contributed by atoms with Gasteiger partial charge in [0, 0.05) is 52.4 Å². The molecule has 0 fully saturated rings. The Morgan fingerprint density at radius 3 is 1.34 bits per heavy atom. The molecular formula is C40H38N4. The Bertz CT molecular complexity index is 2120. The lowest BCUT2D eigenvalue weighted by atomic mass is 9.92. The van der Waals surface area contributed by atoms with Gasteiger partial charge in [0.25, 0.3) is 0 Å². The van der Waals surface area contributed by atoms with Crippen LogP contribution in [0.2, 0.25) is 0 Å². The zero-order valence-electron chi connectivity index (χ0n) is 25.0. The van der Waals surface area contributed by atoms with Crippen LogP contribution in [0.5, 0.6) is 0 Å². The van der Waals surface area contributed by atoms with Crippen molar-refractivity contribution in [2.24, 2.45) is 0 Å². The third kappa shape index (κ3) is 5.10. The van der Waals surface area contributed by atoms with Gasteiger partial charge in [-0.05, 0) is 87.9 Å². The van der Waals surface area contributed by atoms with Gasteiger partial charge in [-0.25, -0.2) is 0 Å². The molecule has 0 radical (unpaired) electrons. The molecule has 0 saturated heterocycles. The maximum Gasteiger partial charge on any atom is 0.0212 e. The lowest BCUT2D eigenvalue weighted by Gasteiger charge is -2.14. The summed E-state index contributed by atoms with van der Waals surface area (Å²) in [6.45, 7) is 7.52. The smallest absolute Gasteiger partial charge is 0.0212 e. The Kier molecular flexibility index (Phi) is 7.42. The standard InChI is InChI=1S/C40H38N4/c1-3-28-9-12-33-23-27(24-34-13-10-29(4-1)37(28)39(33)34)25-43-21-19-41-17-18-42-20-22-44-26-35-14-11-32-8-7-30-5-2-6-31-15-16-36(35)40(32)38(30)31/h1-16,23-24,41-44H,17-22,25-26H2. The van der Waals surface area contributed by atoms with Gasteiger partial charge in [-0.15, -0.1) is 0 Å². The molecule has 0 amide bonds. The summed E-state index contributed by atoms with van der Waals surface area (Å²) < 4.78 is 0. The van der Waals surface area contributed by atoms with E-state index >= 15 is 0 Å². The van der Waals surface area contributed by atoms with Crippen LogP contribution in [0.25, 0.3) is 64.6 Å². The summed E-state index contributed by atoms with van der Waals surface area (Å²) in [4.78, 5) is 0. The van der Waals surface area contributed by atoms with Gasteiger partial charge in [0.1, 0.15) is 0 Å². The summed E-state index contributed by atoms with van der Waals surface area (Å²) in [5.74, 6) is 0. The highest BCUT2D eigenvalue weighted by atomic mass is 15.0. The number of nitrogens with one attached hydrogen (secondary N) is 4. The predicted molar refractivity (Wildman–Crippen MR) is 189 cm³/mol. The highest BCUT2D eigenvalue weighted by Crippen LogP contribution is 2.36.